The van der Waals surface area contributed by atoms with E-state index in [9.17, 15) is 0 Å². The molecule has 0 atom stereocenters. The predicted molar refractivity (Wildman–Crippen MR) is 34.4 cm³/mol. The van der Waals surface area contributed by atoms with E-state index in [-0.39, 0.29) is 0 Å². The summed E-state index contributed by atoms with van der Waals surface area (Å²) in [5, 5.41) is 0. The summed E-state index contributed by atoms with van der Waals surface area (Å²) in [5.74, 6) is 1.32. The highest BCUT2D eigenvalue weighted by molar-refractivity contribution is 5.80. The Morgan fingerprint density at radius 3 is 3.11 bits per heavy atom. The molecule has 0 saturated carbocycles. The highest BCUT2D eigenvalue weighted by Gasteiger charge is 2.09. The molecular weight excluding hydrogens is 118 g/mol. The zero-order chi connectivity index (χ0) is 6.69. The second-order valence-electron chi connectivity index (χ2n) is 1.78. The summed E-state index contributed by atoms with van der Waals surface area (Å²) >= 11 is 0. The van der Waals surface area contributed by atoms with E-state index in [0.29, 0.717) is 24.8 Å². The first-order chi connectivity index (χ1) is 4.33. The maximum atomic E-state index is 5.03. The minimum Gasteiger partial charge on any atom is -0.444 e. The van der Waals surface area contributed by atoms with Gasteiger partial charge in [-0.05, 0) is 0 Å². The van der Waals surface area contributed by atoms with E-state index in [1.54, 1.807) is 7.11 Å². The van der Waals surface area contributed by atoms with Gasteiger partial charge in [-0.3, -0.25) is 0 Å². The van der Waals surface area contributed by atoms with Gasteiger partial charge in [-0.15, -0.1) is 0 Å². The van der Waals surface area contributed by atoms with Gasteiger partial charge < -0.3 is 9.47 Å². The van der Waals surface area contributed by atoms with E-state index >= 15 is 0 Å². The molecule has 0 aromatic rings. The molecule has 1 rings (SSSR count). The van der Waals surface area contributed by atoms with Gasteiger partial charge >= 0.3 is 0 Å². The zero-order valence-corrected chi connectivity index (χ0v) is 5.39. The predicted octanol–water partition coefficient (Wildman–Crippen LogP) is 0.575. The second kappa shape index (κ2) is 2.64. The van der Waals surface area contributed by atoms with Crippen LogP contribution >= 0.6 is 0 Å². The smallest absolute Gasteiger partial charge is 0.216 e. The van der Waals surface area contributed by atoms with Crippen LogP contribution in [0.25, 0.3) is 0 Å². The Labute approximate surface area is 54.0 Å². The summed E-state index contributed by atoms with van der Waals surface area (Å²) in [6.45, 7) is 4.62. The van der Waals surface area contributed by atoms with Crippen LogP contribution in [0.3, 0.4) is 0 Å². The van der Waals surface area contributed by atoms with Crippen molar-refractivity contribution in [3.05, 3.63) is 12.3 Å². The highest BCUT2D eigenvalue weighted by atomic mass is 16.5. The number of nitrogens with zero attached hydrogens (tertiary/aromatic N) is 1. The van der Waals surface area contributed by atoms with Crippen LogP contribution in [0.1, 0.15) is 0 Å². The minimum atomic E-state index is 0.443. The molecule has 50 valence electrons. The maximum Gasteiger partial charge on any atom is 0.216 e. The van der Waals surface area contributed by atoms with Gasteiger partial charge in [0.1, 0.15) is 18.9 Å². The molecule has 1 heterocycles. The van der Waals surface area contributed by atoms with Crippen molar-refractivity contribution < 1.29 is 9.47 Å². The number of rotatable bonds is 2. The van der Waals surface area contributed by atoms with Crippen molar-refractivity contribution in [1.82, 2.24) is 0 Å². The Hall–Kier alpha value is -0.830. The van der Waals surface area contributed by atoms with Crippen LogP contribution in [-0.2, 0) is 9.47 Å². The number of methoxy groups -OCH3 is 1. The molecule has 0 bridgehead atoms. The Kier molecular flexibility index (Phi) is 1.85. The van der Waals surface area contributed by atoms with Gasteiger partial charge in [-0.25, -0.2) is 4.99 Å². The van der Waals surface area contributed by atoms with Crippen LogP contribution in [0.4, 0.5) is 0 Å². The quantitative estimate of drug-likeness (QED) is 0.543. The summed E-state index contributed by atoms with van der Waals surface area (Å²) in [7, 11) is 1.60. The Morgan fingerprint density at radius 2 is 2.67 bits per heavy atom. The fourth-order valence-corrected chi connectivity index (χ4v) is 0.606. The molecule has 3 heteroatoms. The first-order valence-electron chi connectivity index (χ1n) is 2.71. The Morgan fingerprint density at radius 1 is 1.89 bits per heavy atom. The third-order valence-corrected chi connectivity index (χ3v) is 0.962. The molecule has 0 aromatic heterocycles. The monoisotopic (exact) mass is 127 g/mol. The third kappa shape index (κ3) is 1.54. The number of hydrogen-bond acceptors (Lipinski definition) is 3. The third-order valence-electron chi connectivity index (χ3n) is 0.962. The molecule has 0 aromatic carbocycles. The molecule has 0 fully saturated rings. The number of hydrogen-bond donors (Lipinski definition) is 0. The van der Waals surface area contributed by atoms with E-state index in [1.807, 2.05) is 0 Å². The van der Waals surface area contributed by atoms with E-state index in [2.05, 4.69) is 11.6 Å². The first-order valence-corrected chi connectivity index (χ1v) is 2.71. The molecule has 9 heavy (non-hydrogen) atoms. The topological polar surface area (TPSA) is 30.8 Å². The van der Waals surface area contributed by atoms with Crippen molar-refractivity contribution in [2.45, 2.75) is 0 Å². The minimum absolute atomic E-state index is 0.443. The molecule has 0 radical (unpaired) electrons. The largest absolute Gasteiger partial charge is 0.444 e. The van der Waals surface area contributed by atoms with Crippen molar-refractivity contribution in [1.29, 1.82) is 0 Å². The van der Waals surface area contributed by atoms with Gasteiger partial charge in [0.05, 0.1) is 0 Å². The summed E-state index contributed by atoms with van der Waals surface area (Å²) in [6, 6.07) is 0. The number of aliphatic imine (C=N–C) groups is 1. The lowest BCUT2D eigenvalue weighted by Gasteiger charge is -1.97. The molecule has 0 unspecified atom stereocenters. The SMILES string of the molecule is C=C1CN=C(COC)O1. The van der Waals surface area contributed by atoms with Crippen molar-refractivity contribution in [3.8, 4) is 0 Å². The molecular formula is C6H9NO2. The van der Waals surface area contributed by atoms with E-state index < -0.39 is 0 Å². The van der Waals surface area contributed by atoms with Gasteiger partial charge in [0, 0.05) is 7.11 Å². The lowest BCUT2D eigenvalue weighted by Crippen LogP contribution is -2.05. The van der Waals surface area contributed by atoms with Gasteiger partial charge in [0.15, 0.2) is 0 Å². The molecule has 0 amide bonds. The maximum absolute atomic E-state index is 5.03. The molecule has 1 aliphatic rings. The highest BCUT2D eigenvalue weighted by Crippen LogP contribution is 2.04. The van der Waals surface area contributed by atoms with Crippen molar-refractivity contribution in [3.63, 3.8) is 0 Å². The average molecular weight is 127 g/mol. The average Bonchev–Trinajstić information content (AvgIpc) is 2.17. The van der Waals surface area contributed by atoms with E-state index in [4.69, 9.17) is 9.47 Å². The first kappa shape index (κ1) is 6.29. The summed E-state index contributed by atoms with van der Waals surface area (Å²) in [6.07, 6.45) is 0. The van der Waals surface area contributed by atoms with Gasteiger partial charge in [-0.2, -0.15) is 0 Å². The summed E-state index contributed by atoms with van der Waals surface area (Å²) in [4.78, 5) is 3.98. The molecule has 0 saturated heterocycles. The van der Waals surface area contributed by atoms with Gasteiger partial charge in [0.2, 0.25) is 5.90 Å². The second-order valence-corrected chi connectivity index (χ2v) is 1.78. The molecule has 0 N–H and O–H groups in total. The van der Waals surface area contributed by atoms with Crippen LogP contribution in [-0.4, -0.2) is 26.2 Å². The van der Waals surface area contributed by atoms with E-state index in [0.717, 1.165) is 0 Å². The van der Waals surface area contributed by atoms with Crippen molar-refractivity contribution in [2.24, 2.45) is 4.99 Å². The van der Waals surface area contributed by atoms with Crippen LogP contribution in [0.5, 0.6) is 0 Å². The lowest BCUT2D eigenvalue weighted by atomic mass is 10.6. The van der Waals surface area contributed by atoms with Crippen LogP contribution < -0.4 is 0 Å². The Bertz CT molecular complexity index is 151. The summed E-state index contributed by atoms with van der Waals surface area (Å²) in [5.41, 5.74) is 0. The van der Waals surface area contributed by atoms with Crippen molar-refractivity contribution in [2.75, 3.05) is 20.3 Å². The van der Waals surface area contributed by atoms with Crippen LogP contribution in [0, 0.1) is 0 Å². The van der Waals surface area contributed by atoms with Crippen LogP contribution in [0.2, 0.25) is 0 Å². The molecule has 1 aliphatic heterocycles. The lowest BCUT2D eigenvalue weighted by molar-refractivity contribution is 0.225. The number of ether oxygens (including phenoxy) is 2. The fourth-order valence-electron chi connectivity index (χ4n) is 0.606. The normalized spacial score (nSPS) is 17.4. The summed E-state index contributed by atoms with van der Waals surface area (Å²) < 4.78 is 9.81. The molecule has 0 spiro atoms. The molecule has 3 nitrogen and oxygen atoms in total. The standard InChI is InChI=1S/C6H9NO2/c1-5-3-7-6(9-5)4-8-2/h1,3-4H2,2H3. The van der Waals surface area contributed by atoms with Crippen molar-refractivity contribution >= 4 is 5.90 Å². The van der Waals surface area contributed by atoms with E-state index in [1.165, 1.54) is 0 Å². The van der Waals surface area contributed by atoms with Crippen LogP contribution in [0.15, 0.2) is 17.3 Å². The fraction of sp³-hybridized carbons (Fsp3) is 0.500. The van der Waals surface area contributed by atoms with Gasteiger partial charge in [0.25, 0.3) is 0 Å². The zero-order valence-electron chi connectivity index (χ0n) is 5.39. The molecule has 0 aliphatic carbocycles. The van der Waals surface area contributed by atoms with Gasteiger partial charge in [-0.1, -0.05) is 6.58 Å². The Balaban J connectivity index is 2.36.